The van der Waals surface area contributed by atoms with Crippen LogP contribution in [-0.4, -0.2) is 15.0 Å². The van der Waals surface area contributed by atoms with E-state index in [-0.39, 0.29) is 22.6 Å². The van der Waals surface area contributed by atoms with E-state index in [1.165, 1.54) is 6.07 Å². The van der Waals surface area contributed by atoms with Gasteiger partial charge in [-0.15, -0.1) is 0 Å². The number of fused-ring (bicyclic) bond motifs is 2. The van der Waals surface area contributed by atoms with Gasteiger partial charge in [0.15, 0.2) is 10.7 Å². The van der Waals surface area contributed by atoms with Crippen molar-refractivity contribution in [2.75, 3.05) is 12.3 Å². The Hall–Kier alpha value is -3.16. The van der Waals surface area contributed by atoms with Crippen LogP contribution in [0.1, 0.15) is 12.5 Å². The molecule has 148 valence electrons. The second-order valence-electron chi connectivity index (χ2n) is 6.87. The molecule has 0 saturated carbocycles. The van der Waals surface area contributed by atoms with Gasteiger partial charge in [0.2, 0.25) is 10.0 Å². The second-order valence-corrected chi connectivity index (χ2v) is 8.57. The molecule has 1 aliphatic heterocycles. The van der Waals surface area contributed by atoms with E-state index in [1.807, 2.05) is 37.3 Å². The van der Waals surface area contributed by atoms with E-state index in [0.29, 0.717) is 16.8 Å². The highest BCUT2D eigenvalue weighted by Gasteiger charge is 2.28. The first-order valence-electron chi connectivity index (χ1n) is 9.23. The summed E-state index contributed by atoms with van der Waals surface area (Å²) >= 11 is 0. The molecule has 0 spiro atoms. The Balaban J connectivity index is 2.23. The van der Waals surface area contributed by atoms with Gasteiger partial charge >= 0.3 is 0 Å². The Morgan fingerprint density at radius 1 is 1.07 bits per heavy atom. The second kappa shape index (κ2) is 7.02. The van der Waals surface area contributed by atoms with Gasteiger partial charge in [-0.25, -0.2) is 13.1 Å². The maximum Gasteiger partial charge on any atom is 0.246 e. The normalized spacial score (nSPS) is 11.9. The third kappa shape index (κ3) is 3.18. The zero-order valence-corrected chi connectivity index (χ0v) is 16.9. The molecule has 2 aromatic rings. The van der Waals surface area contributed by atoms with Crippen molar-refractivity contribution in [2.45, 2.75) is 18.7 Å². The number of nitrogens with two attached hydrogens (primary N) is 1. The lowest BCUT2D eigenvalue weighted by Crippen LogP contribution is -2.29. The lowest BCUT2D eigenvalue weighted by Gasteiger charge is -2.19. The number of aryl methyl sites for hydroxylation is 1. The number of sulfonamides is 1. The van der Waals surface area contributed by atoms with Crippen LogP contribution in [0, 0.1) is 12.3 Å². The van der Waals surface area contributed by atoms with Crippen LogP contribution in [-0.2, 0) is 10.0 Å². The van der Waals surface area contributed by atoms with Gasteiger partial charge in [-0.05, 0) is 42.3 Å². The van der Waals surface area contributed by atoms with Gasteiger partial charge in [-0.3, -0.25) is 5.41 Å². The third-order valence-electron chi connectivity index (χ3n) is 4.89. The van der Waals surface area contributed by atoms with Crippen molar-refractivity contribution in [3.05, 3.63) is 65.5 Å². The molecule has 7 heteroatoms. The Labute approximate surface area is 168 Å². The van der Waals surface area contributed by atoms with Crippen molar-refractivity contribution in [2.24, 2.45) is 0 Å². The maximum atomic E-state index is 12.9. The first kappa shape index (κ1) is 19.2. The fourth-order valence-electron chi connectivity index (χ4n) is 3.62. The van der Waals surface area contributed by atoms with Gasteiger partial charge < -0.3 is 10.2 Å². The van der Waals surface area contributed by atoms with Gasteiger partial charge in [0.25, 0.3) is 0 Å². The van der Waals surface area contributed by atoms with E-state index in [9.17, 15) is 8.42 Å². The highest BCUT2D eigenvalue weighted by Crippen LogP contribution is 2.43. The molecule has 0 amide bonds. The molecule has 4 rings (SSSR count). The number of nitrogens with one attached hydrogen (secondary N) is 2. The summed E-state index contributed by atoms with van der Waals surface area (Å²) in [6.45, 7) is 3.91. The van der Waals surface area contributed by atoms with E-state index in [4.69, 9.17) is 15.6 Å². The summed E-state index contributed by atoms with van der Waals surface area (Å²) in [6, 6.07) is 16.5. The fraction of sp³-hybridized carbons (Fsp3) is 0.136. The van der Waals surface area contributed by atoms with Crippen LogP contribution in [0.5, 0.6) is 0 Å². The Kier molecular flexibility index (Phi) is 4.64. The molecule has 1 aliphatic carbocycles. The van der Waals surface area contributed by atoms with Gasteiger partial charge in [-0.2, -0.15) is 0 Å². The molecule has 0 atom stereocenters. The van der Waals surface area contributed by atoms with Crippen LogP contribution in [0.2, 0.25) is 0 Å². The average Bonchev–Trinajstić information content (AvgIpc) is 2.66. The van der Waals surface area contributed by atoms with Crippen LogP contribution in [0.25, 0.3) is 33.4 Å². The molecule has 0 radical (unpaired) electrons. The molecule has 4 N–H and O–H groups in total. The number of nitrogen functional groups attached to an aromatic ring is 1. The number of hydrogen-bond donors (Lipinski definition) is 3. The van der Waals surface area contributed by atoms with Crippen LogP contribution in [0.15, 0.2) is 63.9 Å². The summed E-state index contributed by atoms with van der Waals surface area (Å²) in [5.74, 6) is 0.148. The number of anilines is 1. The molecule has 0 bridgehead atoms. The number of hydrogen-bond acceptors (Lipinski definition) is 5. The SMILES string of the molecule is CCNS(=O)(=O)c1c2oc3cc(N)ccc3c(-c3ccccc3C)c-2ccc1=N. The molecular weight excluding hydrogens is 386 g/mol. The van der Waals surface area contributed by atoms with Gasteiger partial charge in [0.1, 0.15) is 5.58 Å². The lowest BCUT2D eigenvalue weighted by molar-refractivity contribution is 0.568. The van der Waals surface area contributed by atoms with Crippen molar-refractivity contribution in [3.63, 3.8) is 0 Å². The monoisotopic (exact) mass is 407 g/mol. The minimum absolute atomic E-state index is 0.124. The molecule has 6 nitrogen and oxygen atoms in total. The minimum atomic E-state index is -3.92. The molecular formula is C22H21N3O3S. The fourth-order valence-corrected chi connectivity index (χ4v) is 4.90. The third-order valence-corrected chi connectivity index (χ3v) is 6.50. The van der Waals surface area contributed by atoms with E-state index in [0.717, 1.165) is 22.1 Å². The molecule has 29 heavy (non-hydrogen) atoms. The Morgan fingerprint density at radius 3 is 2.55 bits per heavy atom. The number of rotatable bonds is 4. The predicted octanol–water partition coefficient (Wildman–Crippen LogP) is 3.87. The van der Waals surface area contributed by atoms with Gasteiger partial charge in [0, 0.05) is 34.8 Å². The smallest absolute Gasteiger partial charge is 0.246 e. The highest BCUT2D eigenvalue weighted by molar-refractivity contribution is 7.89. The van der Waals surface area contributed by atoms with Crippen molar-refractivity contribution < 1.29 is 12.8 Å². The Bertz CT molecular complexity index is 1370. The summed E-state index contributed by atoms with van der Waals surface area (Å²) in [5.41, 5.74) is 10.4. The molecule has 0 unspecified atom stereocenters. The van der Waals surface area contributed by atoms with Crippen molar-refractivity contribution in [3.8, 4) is 22.5 Å². The van der Waals surface area contributed by atoms with E-state index in [2.05, 4.69) is 4.72 Å². The van der Waals surface area contributed by atoms with Crippen LogP contribution < -0.4 is 15.8 Å². The largest absolute Gasteiger partial charge is 0.454 e. The van der Waals surface area contributed by atoms with Crippen LogP contribution >= 0.6 is 0 Å². The first-order chi connectivity index (χ1) is 13.8. The summed E-state index contributed by atoms with van der Waals surface area (Å²) < 4.78 is 34.3. The summed E-state index contributed by atoms with van der Waals surface area (Å²) in [7, 11) is -3.92. The van der Waals surface area contributed by atoms with Gasteiger partial charge in [0.05, 0.1) is 5.36 Å². The van der Waals surface area contributed by atoms with Gasteiger partial charge in [-0.1, -0.05) is 31.2 Å². The topological polar surface area (TPSA) is 109 Å². The van der Waals surface area contributed by atoms with E-state index < -0.39 is 10.0 Å². The van der Waals surface area contributed by atoms with E-state index >= 15 is 0 Å². The predicted molar refractivity (Wildman–Crippen MR) is 114 cm³/mol. The average molecular weight is 407 g/mol. The maximum absolute atomic E-state index is 12.9. The summed E-state index contributed by atoms with van der Waals surface area (Å²) in [5, 5.41) is 8.95. The van der Waals surface area contributed by atoms with Crippen molar-refractivity contribution in [1.29, 1.82) is 5.41 Å². The molecule has 1 heterocycles. The van der Waals surface area contributed by atoms with Crippen molar-refractivity contribution >= 4 is 26.7 Å². The summed E-state index contributed by atoms with van der Waals surface area (Å²) in [6.07, 6.45) is 0. The zero-order valence-electron chi connectivity index (χ0n) is 16.1. The molecule has 0 fully saturated rings. The van der Waals surface area contributed by atoms with Crippen LogP contribution in [0.3, 0.4) is 0 Å². The molecule has 0 saturated heterocycles. The van der Waals surface area contributed by atoms with Crippen LogP contribution in [0.4, 0.5) is 5.69 Å². The molecule has 0 aromatic heterocycles. The lowest BCUT2D eigenvalue weighted by atomic mass is 9.91. The summed E-state index contributed by atoms with van der Waals surface area (Å²) in [4.78, 5) is -0.170. The quantitative estimate of drug-likeness (QED) is 0.352. The van der Waals surface area contributed by atoms with E-state index in [1.54, 1.807) is 25.1 Å². The number of benzene rings is 3. The first-order valence-corrected chi connectivity index (χ1v) is 10.7. The zero-order chi connectivity index (χ0) is 20.8. The van der Waals surface area contributed by atoms with Crippen molar-refractivity contribution in [1.82, 2.24) is 4.72 Å². The standard InChI is InChI=1S/C22H21N3O3S/c1-3-25-29(26,27)22-18(24)11-10-17-20(15-7-5-4-6-13(15)2)16-9-8-14(23)12-19(16)28-21(17)22/h4-12,24-25H,3,23H2,1-2H3. The highest BCUT2D eigenvalue weighted by atomic mass is 32.2. The molecule has 2 aliphatic rings. The minimum Gasteiger partial charge on any atom is -0.454 e. The Morgan fingerprint density at radius 2 is 1.83 bits per heavy atom. The molecule has 2 aromatic carbocycles.